The Labute approximate surface area is 80.3 Å². The Balaban J connectivity index is 2.87. The minimum Gasteiger partial charge on any atom is -0.220 e. The second kappa shape index (κ2) is 4.33. The van der Waals surface area contributed by atoms with Crippen molar-refractivity contribution in [1.82, 2.24) is 0 Å². The fourth-order valence-corrected chi connectivity index (χ4v) is 1.48. The molecule has 0 aromatic heterocycles. The molecule has 1 rings (SSSR count). The van der Waals surface area contributed by atoms with Crippen molar-refractivity contribution in [3.05, 3.63) is 35.9 Å². The summed E-state index contributed by atoms with van der Waals surface area (Å²) < 4.78 is 0.545. The number of carbonyl (C=O) groups excluding carboxylic acids is 1. The number of carbonyl (C=O) groups is 1. The monoisotopic (exact) mass is 199 g/mol. The Hall–Kier alpha value is -0.730. The molecule has 0 N–H and O–H groups in total. The molecule has 0 heterocycles. The molecule has 0 aliphatic carbocycles. The summed E-state index contributed by atoms with van der Waals surface area (Å²) in [5.74, 6) is 0. The van der Waals surface area contributed by atoms with Crippen molar-refractivity contribution in [3.63, 3.8) is 0 Å². The van der Waals surface area contributed by atoms with E-state index in [2.05, 4.69) is 0 Å². The average Bonchev–Trinajstić information content (AvgIpc) is 2.05. The van der Waals surface area contributed by atoms with Crippen LogP contribution in [-0.4, -0.2) is 9.44 Å². The summed E-state index contributed by atoms with van der Waals surface area (Å²) in [6.07, 6.45) is 0. The quantitative estimate of drug-likeness (QED) is 0.385. The highest BCUT2D eigenvalue weighted by molar-refractivity contribution is 7.96. The van der Waals surface area contributed by atoms with Gasteiger partial charge in [-0.05, 0) is 23.7 Å². The molecule has 0 amide bonds. The van der Waals surface area contributed by atoms with Gasteiger partial charge in [-0.2, -0.15) is 0 Å². The lowest BCUT2D eigenvalue weighted by Crippen LogP contribution is -1.98. The summed E-state index contributed by atoms with van der Waals surface area (Å²) in [7, 11) is 0. The van der Waals surface area contributed by atoms with Gasteiger partial charge in [0.05, 0.1) is 5.56 Å². The van der Waals surface area contributed by atoms with E-state index < -0.39 is 0 Å². The maximum Gasteiger partial charge on any atom is 0.436 e. The van der Waals surface area contributed by atoms with Crippen LogP contribution in [0.3, 0.4) is 0 Å². The van der Waals surface area contributed by atoms with Gasteiger partial charge in [0.25, 0.3) is 15.7 Å². The topological polar surface area (TPSA) is 17.1 Å². The Kier molecular flexibility index (Phi) is 3.38. The molecule has 0 fully saturated rings. The summed E-state index contributed by atoms with van der Waals surface area (Å²) in [4.78, 5) is 11.3. The minimum atomic E-state index is -0.0110. The van der Waals surface area contributed by atoms with Gasteiger partial charge < -0.3 is 0 Å². The molecule has 0 radical (unpaired) electrons. The first-order chi connectivity index (χ1) is 5.70. The Morgan fingerprint density at radius 1 is 1.33 bits per heavy atom. The van der Waals surface area contributed by atoms with Gasteiger partial charge in [-0.1, -0.05) is 18.2 Å². The van der Waals surface area contributed by atoms with Crippen LogP contribution in [0.15, 0.2) is 30.3 Å². The van der Waals surface area contributed by atoms with Crippen molar-refractivity contribution in [2.75, 3.05) is 0 Å². The predicted octanol–water partition coefficient (Wildman–Crippen LogP) is 2.30. The van der Waals surface area contributed by atoms with Crippen LogP contribution in [0.1, 0.15) is 17.3 Å². The Bertz CT molecular complexity index is 302. The van der Waals surface area contributed by atoms with Crippen molar-refractivity contribution in [3.8, 4) is 0 Å². The maximum atomic E-state index is 11.3. The normalized spacial score (nSPS) is 11.3. The first-order valence-electron chi connectivity index (χ1n) is 3.46. The number of hydrogen-bond acceptors (Lipinski definition) is 1. The molecule has 0 aliphatic rings. The molecule has 1 aromatic carbocycles. The third-order valence-corrected chi connectivity index (χ3v) is 2.18. The van der Waals surface area contributed by atoms with Crippen molar-refractivity contribution in [2.24, 2.45) is 0 Å². The first kappa shape index (κ1) is 9.36. The second-order valence-electron chi connectivity index (χ2n) is 2.23. The third kappa shape index (κ3) is 2.72. The van der Waals surface area contributed by atoms with Crippen LogP contribution in [0.25, 0.3) is 0 Å². The molecule has 0 bridgehead atoms. The zero-order valence-corrected chi connectivity index (χ0v) is 8.15. The molecule has 0 spiro atoms. The zero-order valence-electron chi connectivity index (χ0n) is 6.58. The van der Waals surface area contributed by atoms with Crippen LogP contribution in [-0.2, 0) is 11.4 Å². The number of halogens is 1. The fourth-order valence-electron chi connectivity index (χ4n) is 0.761. The van der Waals surface area contributed by atoms with Crippen LogP contribution < -0.4 is 0 Å². The standard InChI is InChI=1S/C9H8ClOS/c1-7(10)12-9(11)8-5-3-2-4-6-8/h2-6H,1H3/q+1. The van der Waals surface area contributed by atoms with Gasteiger partial charge in [-0.25, -0.2) is 4.79 Å². The van der Waals surface area contributed by atoms with Crippen LogP contribution in [0.4, 0.5) is 0 Å². The van der Waals surface area contributed by atoms with Gasteiger partial charge in [-0.15, -0.1) is 0 Å². The van der Waals surface area contributed by atoms with Gasteiger partial charge >= 0.3 is 5.12 Å². The summed E-state index contributed by atoms with van der Waals surface area (Å²) >= 11 is 6.63. The van der Waals surface area contributed by atoms with Gasteiger partial charge in [0.1, 0.15) is 0 Å². The van der Waals surface area contributed by atoms with Gasteiger partial charge in [0.2, 0.25) is 0 Å². The molecule has 0 saturated carbocycles. The number of benzene rings is 1. The lowest BCUT2D eigenvalue weighted by Gasteiger charge is -1.83. The van der Waals surface area contributed by atoms with E-state index in [0.29, 0.717) is 9.89 Å². The molecule has 0 aliphatic heterocycles. The molecular weight excluding hydrogens is 192 g/mol. The van der Waals surface area contributed by atoms with Gasteiger partial charge in [0, 0.05) is 6.92 Å². The minimum absolute atomic E-state index is 0.0110. The highest BCUT2D eigenvalue weighted by Crippen LogP contribution is 1.99. The molecule has 1 nitrogen and oxygen atoms in total. The summed E-state index contributed by atoms with van der Waals surface area (Å²) in [5, 5.41) is -0.0110. The van der Waals surface area contributed by atoms with E-state index in [9.17, 15) is 4.79 Å². The van der Waals surface area contributed by atoms with Crippen LogP contribution >= 0.6 is 11.6 Å². The van der Waals surface area contributed by atoms with Crippen molar-refractivity contribution >= 4 is 32.4 Å². The maximum absolute atomic E-state index is 11.3. The largest absolute Gasteiger partial charge is 0.436 e. The van der Waals surface area contributed by atoms with E-state index in [4.69, 9.17) is 11.6 Å². The van der Waals surface area contributed by atoms with E-state index in [1.165, 1.54) is 0 Å². The molecule has 62 valence electrons. The van der Waals surface area contributed by atoms with E-state index in [1.54, 1.807) is 19.1 Å². The first-order valence-corrected chi connectivity index (χ1v) is 4.66. The van der Waals surface area contributed by atoms with E-state index in [1.807, 2.05) is 18.2 Å². The molecule has 12 heavy (non-hydrogen) atoms. The smallest absolute Gasteiger partial charge is 0.220 e. The summed E-state index contributed by atoms with van der Waals surface area (Å²) in [6.45, 7) is 1.70. The Morgan fingerprint density at radius 3 is 2.42 bits per heavy atom. The molecule has 0 saturated heterocycles. The molecule has 1 aromatic rings. The fraction of sp³-hybridized carbons (Fsp3) is 0.111. The van der Waals surface area contributed by atoms with Gasteiger partial charge in [0.15, 0.2) is 0 Å². The molecule has 0 atom stereocenters. The van der Waals surface area contributed by atoms with Crippen LogP contribution in [0.5, 0.6) is 0 Å². The molecule has 0 unspecified atom stereocenters. The van der Waals surface area contributed by atoms with E-state index >= 15 is 0 Å². The van der Waals surface area contributed by atoms with E-state index in [-0.39, 0.29) is 5.12 Å². The van der Waals surface area contributed by atoms with Crippen molar-refractivity contribution in [1.29, 1.82) is 0 Å². The van der Waals surface area contributed by atoms with Crippen molar-refractivity contribution in [2.45, 2.75) is 6.92 Å². The summed E-state index contributed by atoms with van der Waals surface area (Å²) in [6, 6.07) is 9.08. The summed E-state index contributed by atoms with van der Waals surface area (Å²) in [5.41, 5.74) is 0.683. The average molecular weight is 200 g/mol. The lowest BCUT2D eigenvalue weighted by atomic mass is 10.2. The SMILES string of the molecule is CC(Cl)=[S+]C(=O)c1ccccc1. The van der Waals surface area contributed by atoms with Crippen LogP contribution in [0, 0.1) is 0 Å². The molecule has 3 heteroatoms. The van der Waals surface area contributed by atoms with E-state index in [0.717, 1.165) is 11.4 Å². The van der Waals surface area contributed by atoms with Crippen LogP contribution in [0.2, 0.25) is 0 Å². The highest BCUT2D eigenvalue weighted by atomic mass is 35.5. The molecular formula is C9H8ClOS+. The lowest BCUT2D eigenvalue weighted by molar-refractivity contribution is 0.108. The predicted molar refractivity (Wildman–Crippen MR) is 54.7 cm³/mol. The zero-order chi connectivity index (χ0) is 8.97. The van der Waals surface area contributed by atoms with Gasteiger partial charge in [-0.3, -0.25) is 0 Å². The highest BCUT2D eigenvalue weighted by Gasteiger charge is 2.16. The Morgan fingerprint density at radius 2 is 1.92 bits per heavy atom. The van der Waals surface area contributed by atoms with Crippen molar-refractivity contribution < 1.29 is 4.79 Å². The number of rotatable bonds is 1. The second-order valence-corrected chi connectivity index (χ2v) is 4.20. The number of hydrogen-bond donors (Lipinski definition) is 0. The third-order valence-electron chi connectivity index (χ3n) is 1.24.